The molecule has 7 nitrogen and oxygen atoms in total. The number of halogens is 3. The fraction of sp³-hybridized carbons (Fsp3) is 0.750. The van der Waals surface area contributed by atoms with Crippen LogP contribution < -0.4 is 5.32 Å². The predicted molar refractivity (Wildman–Crippen MR) is 108 cm³/mol. The van der Waals surface area contributed by atoms with Crippen molar-refractivity contribution in [2.24, 2.45) is 11.8 Å². The Hall–Kier alpha value is -1.72. The van der Waals surface area contributed by atoms with Crippen molar-refractivity contribution in [1.29, 1.82) is 0 Å². The number of thiazole rings is 1. The second-order valence-electron chi connectivity index (χ2n) is 8.41. The van der Waals surface area contributed by atoms with Crippen LogP contribution in [-0.2, 0) is 20.9 Å². The number of ether oxygens (including phenoxy) is 1. The van der Waals surface area contributed by atoms with E-state index < -0.39 is 12.1 Å². The van der Waals surface area contributed by atoms with Crippen LogP contribution in [0.4, 0.5) is 13.2 Å². The van der Waals surface area contributed by atoms with Gasteiger partial charge in [0.25, 0.3) is 0 Å². The highest BCUT2D eigenvalue weighted by Gasteiger charge is 2.40. The highest BCUT2D eigenvalue weighted by molar-refractivity contribution is 7.09. The van der Waals surface area contributed by atoms with Crippen molar-refractivity contribution in [3.05, 3.63) is 16.1 Å². The second kappa shape index (κ2) is 10.3. The Balaban J connectivity index is 0.000000339. The first-order valence-corrected chi connectivity index (χ1v) is 11.3. The maximum absolute atomic E-state index is 12.3. The number of piperidine rings is 1. The van der Waals surface area contributed by atoms with E-state index in [1.54, 1.807) is 11.3 Å². The molecule has 1 aromatic heterocycles. The number of nitrogens with zero attached hydrogens (tertiary/aromatic N) is 2. The third-order valence-electron chi connectivity index (χ3n) is 5.65. The van der Waals surface area contributed by atoms with Crippen LogP contribution >= 0.6 is 11.3 Å². The predicted octanol–water partition coefficient (Wildman–Crippen LogP) is 2.98. The molecule has 1 saturated carbocycles. The number of alkyl halides is 3. The van der Waals surface area contributed by atoms with Crippen molar-refractivity contribution < 1.29 is 32.6 Å². The fourth-order valence-corrected chi connectivity index (χ4v) is 4.71. The zero-order chi connectivity index (χ0) is 22.6. The molecule has 2 aliphatic heterocycles. The molecule has 4 rings (SSSR count). The van der Waals surface area contributed by atoms with Crippen LogP contribution in [0.3, 0.4) is 0 Å². The molecule has 2 N–H and O–H groups in total. The lowest BCUT2D eigenvalue weighted by Gasteiger charge is -2.45. The van der Waals surface area contributed by atoms with Crippen LogP contribution in [0.1, 0.15) is 42.8 Å². The van der Waals surface area contributed by atoms with E-state index in [0.717, 1.165) is 43.4 Å². The largest absolute Gasteiger partial charge is 0.490 e. The highest BCUT2D eigenvalue weighted by atomic mass is 32.1. The number of aromatic nitrogens is 1. The number of carboxylic acid groups (broad SMARTS) is 1. The van der Waals surface area contributed by atoms with Crippen molar-refractivity contribution in [3.8, 4) is 0 Å². The molecule has 1 aromatic rings. The maximum Gasteiger partial charge on any atom is 0.490 e. The summed E-state index contributed by atoms with van der Waals surface area (Å²) >= 11 is 1.71. The van der Waals surface area contributed by atoms with Crippen LogP contribution in [0.15, 0.2) is 5.38 Å². The van der Waals surface area contributed by atoms with E-state index in [9.17, 15) is 18.0 Å². The number of rotatable bonds is 5. The molecule has 31 heavy (non-hydrogen) atoms. The minimum absolute atomic E-state index is 0.120. The topological polar surface area (TPSA) is 91.8 Å². The average Bonchev–Trinajstić information content (AvgIpc) is 3.40. The van der Waals surface area contributed by atoms with Gasteiger partial charge >= 0.3 is 12.1 Å². The lowest BCUT2D eigenvalue weighted by molar-refractivity contribution is -0.192. The first kappa shape index (κ1) is 23.9. The molecule has 2 saturated heterocycles. The molecule has 3 heterocycles. The zero-order valence-electron chi connectivity index (χ0n) is 17.4. The minimum atomic E-state index is -5.08. The summed E-state index contributed by atoms with van der Waals surface area (Å²) in [5.74, 6) is -1.39. The van der Waals surface area contributed by atoms with Crippen LogP contribution in [0.2, 0.25) is 0 Å². The Morgan fingerprint density at radius 2 is 2.03 bits per heavy atom. The summed E-state index contributed by atoms with van der Waals surface area (Å²) in [4.78, 5) is 28.3. The number of aliphatic carboxylic acids is 1. The van der Waals surface area contributed by atoms with E-state index in [1.807, 2.05) is 0 Å². The molecular formula is C20H28F3N3O4S. The zero-order valence-corrected chi connectivity index (χ0v) is 18.2. The Bertz CT molecular complexity index is 769. The van der Waals surface area contributed by atoms with Crippen molar-refractivity contribution in [1.82, 2.24) is 15.2 Å². The number of carbonyl (C=O) groups is 2. The van der Waals surface area contributed by atoms with Gasteiger partial charge in [0.05, 0.1) is 22.8 Å². The van der Waals surface area contributed by atoms with Crippen LogP contribution in [0, 0.1) is 18.8 Å². The summed E-state index contributed by atoms with van der Waals surface area (Å²) in [6, 6.07) is 0.120. The van der Waals surface area contributed by atoms with Crippen LogP contribution in [0.25, 0.3) is 0 Å². The van der Waals surface area contributed by atoms with Gasteiger partial charge < -0.3 is 15.2 Å². The SMILES string of the molecule is Cc1nc(CN2C[C@@H]3CCCO[C@@H]3[C@H](NC(=O)CC3CC3)C2)cs1.O=C(O)C(F)(F)F. The Kier molecular flexibility index (Phi) is 7.92. The number of hydrogen-bond donors (Lipinski definition) is 2. The molecule has 0 aromatic carbocycles. The smallest absolute Gasteiger partial charge is 0.475 e. The number of aryl methyl sites for hydroxylation is 1. The molecule has 3 atom stereocenters. The summed E-state index contributed by atoms with van der Waals surface area (Å²) in [5.41, 5.74) is 1.15. The normalized spacial score (nSPS) is 26.4. The van der Waals surface area contributed by atoms with Crippen molar-refractivity contribution >= 4 is 23.2 Å². The van der Waals surface area contributed by atoms with Crippen LogP contribution in [0.5, 0.6) is 0 Å². The van der Waals surface area contributed by atoms with Gasteiger partial charge in [0.1, 0.15) is 0 Å². The summed E-state index contributed by atoms with van der Waals surface area (Å²) in [5, 5.41) is 13.7. The molecule has 0 unspecified atom stereocenters. The lowest BCUT2D eigenvalue weighted by Crippen LogP contribution is -2.60. The molecule has 3 aliphatic rings. The second-order valence-corrected chi connectivity index (χ2v) is 9.48. The third-order valence-corrected chi connectivity index (χ3v) is 6.47. The Labute approximate surface area is 183 Å². The quantitative estimate of drug-likeness (QED) is 0.698. The van der Waals surface area contributed by atoms with Gasteiger partial charge in [-0.2, -0.15) is 13.2 Å². The van der Waals surface area contributed by atoms with Crippen molar-refractivity contribution in [2.45, 2.75) is 63.9 Å². The van der Waals surface area contributed by atoms with Gasteiger partial charge in [-0.1, -0.05) is 0 Å². The van der Waals surface area contributed by atoms with Gasteiger partial charge in [-0.15, -0.1) is 11.3 Å². The standard InChI is InChI=1S/C18H27N3O2S.C2HF3O2/c1-12-19-15(11-24-12)9-21-8-14-3-2-6-23-18(14)16(10-21)20-17(22)7-13-4-5-13;3-2(4,5)1(6)7/h11,13-14,16,18H,2-10H2,1H3,(H,20,22);(H,6,7)/t14-,16+,18-;/m0./s1. The van der Waals surface area contributed by atoms with Crippen LogP contribution in [-0.4, -0.2) is 64.9 Å². The third kappa shape index (κ3) is 7.43. The lowest BCUT2D eigenvalue weighted by atomic mass is 9.85. The van der Waals surface area contributed by atoms with Gasteiger partial charge in [-0.05, 0) is 44.4 Å². The van der Waals surface area contributed by atoms with Gasteiger partial charge in [0.15, 0.2) is 0 Å². The van der Waals surface area contributed by atoms with E-state index >= 15 is 0 Å². The van der Waals surface area contributed by atoms with E-state index in [1.165, 1.54) is 19.3 Å². The number of carboxylic acids is 1. The van der Waals surface area contributed by atoms with E-state index in [0.29, 0.717) is 18.3 Å². The van der Waals surface area contributed by atoms with Gasteiger partial charge in [0.2, 0.25) is 5.91 Å². The molecule has 11 heteroatoms. The molecule has 0 bridgehead atoms. The van der Waals surface area contributed by atoms with Gasteiger partial charge in [-0.25, -0.2) is 9.78 Å². The number of hydrogen-bond acceptors (Lipinski definition) is 6. The van der Waals surface area contributed by atoms with Crippen molar-refractivity contribution in [2.75, 3.05) is 19.7 Å². The van der Waals surface area contributed by atoms with E-state index in [-0.39, 0.29) is 18.1 Å². The molecule has 0 spiro atoms. The van der Waals surface area contributed by atoms with Gasteiger partial charge in [0, 0.05) is 38.0 Å². The Morgan fingerprint density at radius 3 is 2.61 bits per heavy atom. The van der Waals surface area contributed by atoms with Gasteiger partial charge in [-0.3, -0.25) is 9.69 Å². The summed E-state index contributed by atoms with van der Waals surface area (Å²) in [6.45, 7) is 5.69. The average molecular weight is 464 g/mol. The molecule has 174 valence electrons. The molecule has 3 fully saturated rings. The number of amides is 1. The minimum Gasteiger partial charge on any atom is -0.475 e. The molecule has 1 aliphatic carbocycles. The van der Waals surface area contributed by atoms with E-state index in [4.69, 9.17) is 14.6 Å². The molecule has 0 radical (unpaired) electrons. The summed E-state index contributed by atoms with van der Waals surface area (Å²) in [6.07, 6.45) is 0.570. The highest BCUT2D eigenvalue weighted by Crippen LogP contribution is 2.33. The number of carbonyl (C=O) groups excluding carboxylic acids is 1. The number of likely N-dealkylation sites (tertiary alicyclic amines) is 1. The maximum atomic E-state index is 12.3. The molecule has 1 amide bonds. The van der Waals surface area contributed by atoms with Crippen molar-refractivity contribution in [3.63, 3.8) is 0 Å². The fourth-order valence-electron chi connectivity index (χ4n) is 4.11. The monoisotopic (exact) mass is 463 g/mol. The van der Waals surface area contributed by atoms with E-state index in [2.05, 4.69) is 27.5 Å². The first-order chi connectivity index (χ1) is 14.6. The number of fused-ring (bicyclic) bond motifs is 1. The Morgan fingerprint density at radius 1 is 1.32 bits per heavy atom. The molecular weight excluding hydrogens is 435 g/mol. The summed E-state index contributed by atoms with van der Waals surface area (Å²) < 4.78 is 37.8. The summed E-state index contributed by atoms with van der Waals surface area (Å²) in [7, 11) is 0. The number of nitrogens with one attached hydrogen (secondary N) is 1. The first-order valence-electron chi connectivity index (χ1n) is 10.5.